The number of anilines is 1. The fraction of sp³-hybridized carbons (Fsp3) is 0.571. The zero-order valence-corrected chi connectivity index (χ0v) is 9.78. The number of fused-ring (bicyclic) bond motifs is 1. The van der Waals surface area contributed by atoms with E-state index in [1.807, 2.05) is 0 Å². The highest BCUT2D eigenvalue weighted by Gasteiger charge is 2.18. The van der Waals surface area contributed by atoms with Crippen molar-refractivity contribution in [3.8, 4) is 0 Å². The zero-order chi connectivity index (χ0) is 11.0. The van der Waals surface area contributed by atoms with Crippen molar-refractivity contribution < 1.29 is 0 Å². The Labute approximate surface area is 97.4 Å². The van der Waals surface area contributed by atoms with Crippen LogP contribution < -0.4 is 10.6 Å². The largest absolute Gasteiger partial charge is 0.371 e. The van der Waals surface area contributed by atoms with Crippen molar-refractivity contribution in [3.05, 3.63) is 29.3 Å². The molecule has 1 fully saturated rings. The first-order valence-corrected chi connectivity index (χ1v) is 6.45. The van der Waals surface area contributed by atoms with Gasteiger partial charge < -0.3 is 10.6 Å². The standard InChI is InChI=1S/C14H20N2/c15-13-6-8-16(9-7-13)14-5-4-11-2-1-3-12(11)10-14/h4-5,10,13H,1-3,6-9,15H2. The average Bonchev–Trinajstić information content (AvgIpc) is 2.77. The second-order valence-electron chi connectivity index (χ2n) is 5.13. The van der Waals surface area contributed by atoms with Gasteiger partial charge in [0.15, 0.2) is 0 Å². The van der Waals surface area contributed by atoms with Gasteiger partial charge >= 0.3 is 0 Å². The molecule has 0 spiro atoms. The van der Waals surface area contributed by atoms with E-state index in [9.17, 15) is 0 Å². The Morgan fingerprint density at radius 1 is 1.06 bits per heavy atom. The van der Waals surface area contributed by atoms with E-state index in [1.165, 1.54) is 24.9 Å². The van der Waals surface area contributed by atoms with Crippen LogP contribution in [0.4, 0.5) is 5.69 Å². The summed E-state index contributed by atoms with van der Waals surface area (Å²) >= 11 is 0. The summed E-state index contributed by atoms with van der Waals surface area (Å²) in [6, 6.07) is 7.44. The lowest BCUT2D eigenvalue weighted by atomic mass is 10.0. The van der Waals surface area contributed by atoms with Crippen molar-refractivity contribution >= 4 is 5.69 Å². The van der Waals surface area contributed by atoms with Gasteiger partial charge in [-0.1, -0.05) is 6.07 Å². The van der Waals surface area contributed by atoms with Crippen LogP contribution in [0.1, 0.15) is 30.4 Å². The molecular formula is C14H20N2. The smallest absolute Gasteiger partial charge is 0.0369 e. The Bertz CT molecular complexity index is 378. The molecule has 1 saturated heterocycles. The molecule has 16 heavy (non-hydrogen) atoms. The second-order valence-corrected chi connectivity index (χ2v) is 5.13. The number of hydrogen-bond donors (Lipinski definition) is 1. The van der Waals surface area contributed by atoms with E-state index in [1.54, 1.807) is 11.1 Å². The van der Waals surface area contributed by atoms with E-state index in [4.69, 9.17) is 5.73 Å². The van der Waals surface area contributed by atoms with Crippen molar-refractivity contribution in [3.63, 3.8) is 0 Å². The predicted octanol–water partition coefficient (Wildman–Crippen LogP) is 2.10. The highest BCUT2D eigenvalue weighted by molar-refractivity contribution is 5.52. The first-order chi connectivity index (χ1) is 7.83. The molecule has 1 aromatic carbocycles. The maximum absolute atomic E-state index is 5.94. The highest BCUT2D eigenvalue weighted by Crippen LogP contribution is 2.28. The van der Waals surface area contributed by atoms with Gasteiger partial charge in [0, 0.05) is 24.8 Å². The predicted molar refractivity (Wildman–Crippen MR) is 67.9 cm³/mol. The van der Waals surface area contributed by atoms with Crippen LogP contribution in [-0.4, -0.2) is 19.1 Å². The van der Waals surface area contributed by atoms with Gasteiger partial charge in [0.2, 0.25) is 0 Å². The molecule has 1 aliphatic heterocycles. The van der Waals surface area contributed by atoms with Crippen molar-refractivity contribution in [1.29, 1.82) is 0 Å². The number of benzene rings is 1. The molecule has 1 aliphatic carbocycles. The summed E-state index contributed by atoms with van der Waals surface area (Å²) in [4.78, 5) is 2.49. The zero-order valence-electron chi connectivity index (χ0n) is 9.78. The maximum atomic E-state index is 5.94. The third-order valence-corrected chi connectivity index (χ3v) is 3.99. The lowest BCUT2D eigenvalue weighted by Gasteiger charge is -2.32. The fourth-order valence-electron chi connectivity index (χ4n) is 2.91. The molecule has 0 saturated carbocycles. The van der Waals surface area contributed by atoms with E-state index in [0.29, 0.717) is 6.04 Å². The lowest BCUT2D eigenvalue weighted by Crippen LogP contribution is -2.39. The highest BCUT2D eigenvalue weighted by atomic mass is 15.1. The van der Waals surface area contributed by atoms with Crippen LogP contribution in [0.2, 0.25) is 0 Å². The van der Waals surface area contributed by atoms with Crippen molar-refractivity contribution in [1.82, 2.24) is 0 Å². The summed E-state index contributed by atoms with van der Waals surface area (Å²) in [5.74, 6) is 0. The summed E-state index contributed by atoms with van der Waals surface area (Å²) in [7, 11) is 0. The Balaban J connectivity index is 1.79. The van der Waals surface area contributed by atoms with Crippen molar-refractivity contribution in [2.45, 2.75) is 38.1 Å². The Kier molecular flexibility index (Phi) is 2.60. The van der Waals surface area contributed by atoms with Crippen LogP contribution in [0.3, 0.4) is 0 Å². The van der Waals surface area contributed by atoms with Gasteiger partial charge in [-0.3, -0.25) is 0 Å². The van der Waals surface area contributed by atoms with E-state index >= 15 is 0 Å². The summed E-state index contributed by atoms with van der Waals surface area (Å²) in [5, 5.41) is 0. The Morgan fingerprint density at radius 3 is 2.62 bits per heavy atom. The number of aryl methyl sites for hydroxylation is 2. The molecule has 86 valence electrons. The molecule has 2 nitrogen and oxygen atoms in total. The number of nitrogens with zero attached hydrogens (tertiary/aromatic N) is 1. The molecular weight excluding hydrogens is 196 g/mol. The summed E-state index contributed by atoms with van der Waals surface area (Å²) < 4.78 is 0. The van der Waals surface area contributed by atoms with E-state index < -0.39 is 0 Å². The second kappa shape index (κ2) is 4.10. The van der Waals surface area contributed by atoms with Gasteiger partial charge in [-0.2, -0.15) is 0 Å². The molecule has 1 aromatic rings. The number of rotatable bonds is 1. The minimum Gasteiger partial charge on any atom is -0.371 e. The maximum Gasteiger partial charge on any atom is 0.0369 e. The third-order valence-electron chi connectivity index (χ3n) is 3.99. The molecule has 0 amide bonds. The minimum atomic E-state index is 0.422. The van der Waals surface area contributed by atoms with Crippen LogP contribution in [0.5, 0.6) is 0 Å². The minimum absolute atomic E-state index is 0.422. The van der Waals surface area contributed by atoms with E-state index in [0.717, 1.165) is 25.9 Å². The monoisotopic (exact) mass is 216 g/mol. The molecule has 2 aliphatic rings. The number of piperidine rings is 1. The fourth-order valence-corrected chi connectivity index (χ4v) is 2.91. The first kappa shape index (κ1) is 10.2. The quantitative estimate of drug-likeness (QED) is 0.779. The van der Waals surface area contributed by atoms with Gasteiger partial charge in [-0.05, 0) is 55.4 Å². The molecule has 0 unspecified atom stereocenters. The van der Waals surface area contributed by atoms with Crippen LogP contribution in [0.15, 0.2) is 18.2 Å². The molecule has 2 N–H and O–H groups in total. The SMILES string of the molecule is NC1CCN(c2ccc3c(c2)CCC3)CC1. The van der Waals surface area contributed by atoms with Crippen molar-refractivity contribution in [2.75, 3.05) is 18.0 Å². The molecule has 1 heterocycles. The third kappa shape index (κ3) is 1.82. The van der Waals surface area contributed by atoms with Crippen LogP contribution >= 0.6 is 0 Å². The van der Waals surface area contributed by atoms with E-state index in [-0.39, 0.29) is 0 Å². The molecule has 3 rings (SSSR count). The molecule has 0 aromatic heterocycles. The van der Waals surface area contributed by atoms with Gasteiger partial charge in [0.05, 0.1) is 0 Å². The summed E-state index contributed by atoms with van der Waals surface area (Å²) in [6.45, 7) is 2.25. The number of hydrogen-bond acceptors (Lipinski definition) is 2. The molecule has 0 bridgehead atoms. The van der Waals surface area contributed by atoms with Crippen molar-refractivity contribution in [2.24, 2.45) is 5.73 Å². The molecule has 0 radical (unpaired) electrons. The van der Waals surface area contributed by atoms with Gasteiger partial charge in [0.1, 0.15) is 0 Å². The topological polar surface area (TPSA) is 29.3 Å². The van der Waals surface area contributed by atoms with Gasteiger partial charge in [-0.25, -0.2) is 0 Å². The van der Waals surface area contributed by atoms with Gasteiger partial charge in [0.25, 0.3) is 0 Å². The molecule has 0 atom stereocenters. The Hall–Kier alpha value is -1.02. The Morgan fingerprint density at radius 2 is 1.81 bits per heavy atom. The van der Waals surface area contributed by atoms with Crippen LogP contribution in [0, 0.1) is 0 Å². The van der Waals surface area contributed by atoms with Gasteiger partial charge in [-0.15, -0.1) is 0 Å². The average molecular weight is 216 g/mol. The van der Waals surface area contributed by atoms with Crippen LogP contribution in [0.25, 0.3) is 0 Å². The number of nitrogens with two attached hydrogens (primary N) is 1. The normalized spacial score (nSPS) is 21.2. The lowest BCUT2D eigenvalue weighted by molar-refractivity contribution is 0.501. The first-order valence-electron chi connectivity index (χ1n) is 6.45. The van der Waals surface area contributed by atoms with E-state index in [2.05, 4.69) is 23.1 Å². The summed E-state index contributed by atoms with van der Waals surface area (Å²) in [5.41, 5.74) is 10.5. The summed E-state index contributed by atoms with van der Waals surface area (Å²) in [6.07, 6.45) is 6.16. The van der Waals surface area contributed by atoms with Crippen LogP contribution in [-0.2, 0) is 12.8 Å². The molecule has 2 heteroatoms.